The van der Waals surface area contributed by atoms with Crippen LogP contribution in [0, 0.1) is 0 Å². The van der Waals surface area contributed by atoms with Crippen molar-refractivity contribution in [3.05, 3.63) is 48.0 Å². The molecule has 22 heavy (non-hydrogen) atoms. The Labute approximate surface area is 136 Å². The third kappa shape index (κ3) is 3.84. The normalized spacial score (nSPS) is 18.7. The van der Waals surface area contributed by atoms with Gasteiger partial charge < -0.3 is 0 Å². The van der Waals surface area contributed by atoms with Crippen molar-refractivity contribution in [1.29, 1.82) is 0 Å². The number of hydrogen-bond donors (Lipinski definition) is 0. The van der Waals surface area contributed by atoms with Crippen LogP contribution in [-0.4, -0.2) is 32.1 Å². The highest BCUT2D eigenvalue weighted by molar-refractivity contribution is 7.99. The average Bonchev–Trinajstić information content (AvgIpc) is 3.03. The molecule has 1 unspecified atom stereocenters. The Hall–Kier alpha value is -1.46. The van der Waals surface area contributed by atoms with Gasteiger partial charge in [-0.3, -0.25) is 9.88 Å². The van der Waals surface area contributed by atoms with E-state index in [2.05, 4.69) is 38.9 Å². The average molecular weight is 314 g/mol. The van der Waals surface area contributed by atoms with E-state index in [0.717, 1.165) is 30.4 Å². The Balaban J connectivity index is 1.64. The molecule has 0 aliphatic carbocycles. The fourth-order valence-electron chi connectivity index (χ4n) is 2.85. The highest BCUT2D eigenvalue weighted by Crippen LogP contribution is 2.31. The summed E-state index contributed by atoms with van der Waals surface area (Å²) in [6.07, 6.45) is 9.39. The van der Waals surface area contributed by atoms with Crippen molar-refractivity contribution in [2.24, 2.45) is 0 Å². The fraction of sp³-hybridized carbons (Fsp3) is 0.471. The number of pyridine rings is 1. The summed E-state index contributed by atoms with van der Waals surface area (Å²) in [4.78, 5) is 15.9. The van der Waals surface area contributed by atoms with Gasteiger partial charge in [-0.25, -0.2) is 9.97 Å². The van der Waals surface area contributed by atoms with Gasteiger partial charge in [-0.05, 0) is 37.9 Å². The van der Waals surface area contributed by atoms with E-state index in [1.54, 1.807) is 11.8 Å². The molecule has 1 aliphatic heterocycles. The van der Waals surface area contributed by atoms with Crippen LogP contribution < -0.4 is 0 Å². The van der Waals surface area contributed by atoms with E-state index >= 15 is 0 Å². The van der Waals surface area contributed by atoms with E-state index in [1.807, 2.05) is 24.7 Å². The van der Waals surface area contributed by atoms with Gasteiger partial charge in [0.1, 0.15) is 0 Å². The molecule has 5 heteroatoms. The van der Waals surface area contributed by atoms with Crippen molar-refractivity contribution in [3.63, 3.8) is 0 Å². The Kier molecular flexibility index (Phi) is 5.40. The smallest absolute Gasteiger partial charge is 0.187 e. The maximum absolute atomic E-state index is 4.52. The van der Waals surface area contributed by atoms with E-state index in [4.69, 9.17) is 0 Å². The number of rotatable bonds is 6. The standard InChI is InChI=1S/C17H22N4S/c1-2-10-22-17-19-11-14(12-20-17)13-21-9-5-7-16(21)15-6-3-4-8-18-15/h3-4,6,8,11-12,16H,2,5,7,9-10,13H2,1H3. The predicted octanol–water partition coefficient (Wildman–Crippen LogP) is 3.71. The lowest BCUT2D eigenvalue weighted by Gasteiger charge is -2.23. The molecule has 0 aromatic carbocycles. The van der Waals surface area contributed by atoms with Gasteiger partial charge in [0, 0.05) is 36.5 Å². The van der Waals surface area contributed by atoms with E-state index in [1.165, 1.54) is 24.1 Å². The van der Waals surface area contributed by atoms with E-state index in [-0.39, 0.29) is 0 Å². The SMILES string of the molecule is CCCSc1ncc(CN2CCCC2c2ccccn2)cn1. The van der Waals surface area contributed by atoms with Gasteiger partial charge in [0.05, 0.1) is 11.7 Å². The summed E-state index contributed by atoms with van der Waals surface area (Å²) in [5.41, 5.74) is 2.36. The zero-order chi connectivity index (χ0) is 15.2. The number of thioether (sulfide) groups is 1. The summed E-state index contributed by atoms with van der Waals surface area (Å²) in [7, 11) is 0. The molecule has 0 N–H and O–H groups in total. The van der Waals surface area contributed by atoms with Crippen LogP contribution in [0.15, 0.2) is 41.9 Å². The first-order valence-corrected chi connectivity index (χ1v) is 8.94. The van der Waals surface area contributed by atoms with Crippen molar-refractivity contribution in [1.82, 2.24) is 19.9 Å². The van der Waals surface area contributed by atoms with Crippen LogP contribution in [0.5, 0.6) is 0 Å². The minimum absolute atomic E-state index is 0.426. The predicted molar refractivity (Wildman–Crippen MR) is 89.7 cm³/mol. The number of hydrogen-bond acceptors (Lipinski definition) is 5. The summed E-state index contributed by atoms with van der Waals surface area (Å²) in [5.74, 6) is 1.08. The van der Waals surface area contributed by atoms with Crippen LogP contribution in [-0.2, 0) is 6.54 Å². The lowest BCUT2D eigenvalue weighted by molar-refractivity contribution is 0.243. The van der Waals surface area contributed by atoms with Crippen molar-refractivity contribution in [2.75, 3.05) is 12.3 Å². The van der Waals surface area contributed by atoms with Gasteiger partial charge >= 0.3 is 0 Å². The molecule has 3 rings (SSSR count). The summed E-state index contributed by atoms with van der Waals surface area (Å²) in [6.45, 7) is 4.19. The monoisotopic (exact) mass is 314 g/mol. The topological polar surface area (TPSA) is 41.9 Å². The minimum Gasteiger partial charge on any atom is -0.290 e. The van der Waals surface area contributed by atoms with Crippen LogP contribution in [0.25, 0.3) is 0 Å². The highest BCUT2D eigenvalue weighted by atomic mass is 32.2. The van der Waals surface area contributed by atoms with Crippen LogP contribution in [0.4, 0.5) is 0 Å². The van der Waals surface area contributed by atoms with Crippen LogP contribution in [0.3, 0.4) is 0 Å². The molecule has 3 heterocycles. The van der Waals surface area contributed by atoms with Crippen LogP contribution >= 0.6 is 11.8 Å². The summed E-state index contributed by atoms with van der Waals surface area (Å²) in [6, 6.07) is 6.60. The van der Waals surface area contributed by atoms with Gasteiger partial charge in [-0.2, -0.15) is 0 Å². The molecule has 1 aliphatic rings. The van der Waals surface area contributed by atoms with Gasteiger partial charge in [-0.15, -0.1) is 0 Å². The lowest BCUT2D eigenvalue weighted by Crippen LogP contribution is -2.23. The van der Waals surface area contributed by atoms with Crippen molar-refractivity contribution in [3.8, 4) is 0 Å². The zero-order valence-electron chi connectivity index (χ0n) is 13.0. The maximum Gasteiger partial charge on any atom is 0.187 e. The van der Waals surface area contributed by atoms with Gasteiger partial charge in [-0.1, -0.05) is 24.8 Å². The second kappa shape index (κ2) is 7.70. The lowest BCUT2D eigenvalue weighted by atomic mass is 10.1. The Morgan fingerprint density at radius 1 is 1.23 bits per heavy atom. The van der Waals surface area contributed by atoms with Crippen molar-refractivity contribution < 1.29 is 0 Å². The summed E-state index contributed by atoms with van der Waals surface area (Å²) in [5, 5.41) is 0.883. The van der Waals surface area contributed by atoms with Crippen molar-refractivity contribution >= 4 is 11.8 Å². The van der Waals surface area contributed by atoms with Crippen molar-refractivity contribution in [2.45, 2.75) is 43.9 Å². The second-order valence-corrected chi connectivity index (χ2v) is 6.67. The molecule has 0 spiro atoms. The van der Waals surface area contributed by atoms with E-state index in [0.29, 0.717) is 6.04 Å². The van der Waals surface area contributed by atoms with Gasteiger partial charge in [0.2, 0.25) is 0 Å². The number of aromatic nitrogens is 3. The quantitative estimate of drug-likeness (QED) is 0.600. The molecule has 2 aromatic rings. The van der Waals surface area contributed by atoms with E-state index < -0.39 is 0 Å². The molecule has 1 atom stereocenters. The molecule has 0 radical (unpaired) electrons. The molecular formula is C17H22N4S. The fourth-order valence-corrected chi connectivity index (χ4v) is 3.49. The number of likely N-dealkylation sites (tertiary alicyclic amines) is 1. The molecule has 1 saturated heterocycles. The second-order valence-electron chi connectivity index (χ2n) is 5.61. The van der Waals surface area contributed by atoms with Crippen LogP contribution in [0.2, 0.25) is 0 Å². The van der Waals surface area contributed by atoms with Crippen LogP contribution in [0.1, 0.15) is 43.5 Å². The largest absolute Gasteiger partial charge is 0.290 e. The third-order valence-corrected chi connectivity index (χ3v) is 4.98. The molecule has 0 saturated carbocycles. The molecular weight excluding hydrogens is 292 g/mol. The molecule has 116 valence electrons. The third-order valence-electron chi connectivity index (χ3n) is 3.90. The molecule has 0 amide bonds. The summed E-state index contributed by atoms with van der Waals surface area (Å²) < 4.78 is 0. The van der Waals surface area contributed by atoms with E-state index in [9.17, 15) is 0 Å². The first-order valence-electron chi connectivity index (χ1n) is 7.95. The molecule has 2 aromatic heterocycles. The number of nitrogens with zero attached hydrogens (tertiary/aromatic N) is 4. The Morgan fingerprint density at radius 2 is 2.09 bits per heavy atom. The van der Waals surface area contributed by atoms with Gasteiger partial charge in [0.25, 0.3) is 0 Å². The minimum atomic E-state index is 0.426. The Bertz CT molecular complexity index is 573. The maximum atomic E-state index is 4.52. The van der Waals surface area contributed by atoms with Gasteiger partial charge in [0.15, 0.2) is 5.16 Å². The Morgan fingerprint density at radius 3 is 2.82 bits per heavy atom. The highest BCUT2D eigenvalue weighted by Gasteiger charge is 2.26. The summed E-state index contributed by atoms with van der Waals surface area (Å²) >= 11 is 1.72. The molecule has 4 nitrogen and oxygen atoms in total. The molecule has 0 bridgehead atoms. The first-order chi connectivity index (χ1) is 10.9. The zero-order valence-corrected chi connectivity index (χ0v) is 13.8. The first kappa shape index (κ1) is 15.4. The molecule has 1 fully saturated rings.